The van der Waals surface area contributed by atoms with Crippen molar-refractivity contribution >= 4 is 17.5 Å². The first kappa shape index (κ1) is 16.8. The van der Waals surface area contributed by atoms with Crippen LogP contribution in [0.3, 0.4) is 0 Å². The molecule has 0 spiro atoms. The first-order valence-electron chi connectivity index (χ1n) is 8.18. The Morgan fingerprint density at radius 3 is 2.50 bits per heavy atom. The van der Waals surface area contributed by atoms with Crippen molar-refractivity contribution in [3.05, 3.63) is 64.7 Å². The van der Waals surface area contributed by atoms with Gasteiger partial charge in [0.2, 0.25) is 5.91 Å². The Hall–Kier alpha value is -2.04. The zero-order valence-electron chi connectivity index (χ0n) is 13.4. The van der Waals surface area contributed by atoms with Gasteiger partial charge < -0.3 is 15.4 Å². The van der Waals surface area contributed by atoms with Crippen LogP contribution >= 0.6 is 11.6 Å². The van der Waals surface area contributed by atoms with Gasteiger partial charge in [-0.3, -0.25) is 4.79 Å². The Labute approximate surface area is 147 Å². The van der Waals surface area contributed by atoms with E-state index in [2.05, 4.69) is 10.6 Å². The number of halogens is 1. The minimum atomic E-state index is -0.0352. The summed E-state index contributed by atoms with van der Waals surface area (Å²) in [4.78, 5) is 12.0. The summed E-state index contributed by atoms with van der Waals surface area (Å²) in [6.07, 6.45) is 1.99. The molecule has 1 atom stereocenters. The second kappa shape index (κ2) is 8.18. The molecule has 1 fully saturated rings. The molecule has 2 N–H and O–H groups in total. The molecule has 1 heterocycles. The summed E-state index contributed by atoms with van der Waals surface area (Å²) in [6.45, 7) is 1.97. The van der Waals surface area contributed by atoms with E-state index in [0.717, 1.165) is 41.3 Å². The van der Waals surface area contributed by atoms with E-state index in [4.69, 9.17) is 16.3 Å². The molecule has 0 aliphatic carbocycles. The predicted octanol–water partition coefficient (Wildman–Crippen LogP) is 3.29. The largest absolute Gasteiger partial charge is 0.489 e. The average molecular weight is 345 g/mol. The van der Waals surface area contributed by atoms with Crippen molar-refractivity contribution in [3.63, 3.8) is 0 Å². The number of benzene rings is 2. The first-order chi connectivity index (χ1) is 11.7. The van der Waals surface area contributed by atoms with Gasteiger partial charge >= 0.3 is 0 Å². The van der Waals surface area contributed by atoms with Crippen LogP contribution in [-0.4, -0.2) is 18.5 Å². The molecule has 0 bridgehead atoms. The second-order valence-electron chi connectivity index (χ2n) is 5.93. The Morgan fingerprint density at radius 1 is 1.12 bits per heavy atom. The highest BCUT2D eigenvalue weighted by Crippen LogP contribution is 2.16. The van der Waals surface area contributed by atoms with Crippen molar-refractivity contribution in [3.8, 4) is 5.75 Å². The molecule has 1 saturated heterocycles. The molecule has 5 heteroatoms. The Balaban J connectivity index is 1.46. The third-order valence-electron chi connectivity index (χ3n) is 4.09. The first-order valence-corrected chi connectivity index (χ1v) is 8.56. The smallest absolute Gasteiger partial charge is 0.237 e. The van der Waals surface area contributed by atoms with Gasteiger partial charge in [0.05, 0.1) is 6.04 Å². The molecule has 24 heavy (non-hydrogen) atoms. The van der Waals surface area contributed by atoms with Gasteiger partial charge in [-0.2, -0.15) is 0 Å². The molecule has 2 aromatic carbocycles. The van der Waals surface area contributed by atoms with Gasteiger partial charge in [0, 0.05) is 11.6 Å². The van der Waals surface area contributed by atoms with Crippen LogP contribution < -0.4 is 15.4 Å². The molecule has 1 aliphatic heterocycles. The molecule has 1 amide bonds. The van der Waals surface area contributed by atoms with E-state index in [9.17, 15) is 4.79 Å². The fourth-order valence-corrected chi connectivity index (χ4v) is 2.80. The standard InChI is InChI=1S/C19H21ClN2O2/c20-16-7-3-15(4-8-16)13-24-17-9-5-14(6-10-17)12-22-19(23)18-2-1-11-21-18/h3-10,18,21H,1-2,11-13H2,(H,22,23). The Morgan fingerprint density at radius 2 is 1.83 bits per heavy atom. The fraction of sp³-hybridized carbons (Fsp3) is 0.316. The zero-order chi connectivity index (χ0) is 16.8. The van der Waals surface area contributed by atoms with Crippen LogP contribution in [0.2, 0.25) is 5.02 Å². The van der Waals surface area contributed by atoms with Crippen molar-refractivity contribution in [2.75, 3.05) is 6.54 Å². The van der Waals surface area contributed by atoms with Gasteiger partial charge in [0.15, 0.2) is 0 Å². The fourth-order valence-electron chi connectivity index (χ4n) is 2.67. The SMILES string of the molecule is O=C(NCc1ccc(OCc2ccc(Cl)cc2)cc1)C1CCCN1. The van der Waals surface area contributed by atoms with E-state index in [1.54, 1.807) is 0 Å². The zero-order valence-corrected chi connectivity index (χ0v) is 14.2. The summed E-state index contributed by atoms with van der Waals surface area (Å²) in [5.74, 6) is 0.882. The normalized spacial score (nSPS) is 16.8. The maximum Gasteiger partial charge on any atom is 0.237 e. The van der Waals surface area contributed by atoms with Crippen LogP contribution in [0, 0.1) is 0 Å². The van der Waals surface area contributed by atoms with Gasteiger partial charge in [-0.15, -0.1) is 0 Å². The Bertz CT molecular complexity index is 665. The number of rotatable bonds is 6. The summed E-state index contributed by atoms with van der Waals surface area (Å²) >= 11 is 5.86. The lowest BCUT2D eigenvalue weighted by molar-refractivity contribution is -0.122. The van der Waals surface area contributed by atoms with Crippen LogP contribution in [0.15, 0.2) is 48.5 Å². The Kier molecular flexibility index (Phi) is 5.72. The molecule has 2 aromatic rings. The molecule has 1 unspecified atom stereocenters. The summed E-state index contributed by atoms with van der Waals surface area (Å²) in [6, 6.07) is 15.4. The van der Waals surface area contributed by atoms with Crippen molar-refractivity contribution in [2.24, 2.45) is 0 Å². The van der Waals surface area contributed by atoms with Gasteiger partial charge in [-0.05, 0) is 54.8 Å². The van der Waals surface area contributed by atoms with Crippen LogP contribution in [0.25, 0.3) is 0 Å². The molecule has 1 aliphatic rings. The maximum absolute atomic E-state index is 12.0. The lowest BCUT2D eigenvalue weighted by Crippen LogP contribution is -2.39. The lowest BCUT2D eigenvalue weighted by atomic mass is 10.2. The molecular weight excluding hydrogens is 324 g/mol. The number of ether oxygens (including phenoxy) is 1. The van der Waals surface area contributed by atoms with Gasteiger partial charge in [-0.1, -0.05) is 35.9 Å². The molecule has 4 nitrogen and oxygen atoms in total. The number of carbonyl (C=O) groups is 1. The highest BCUT2D eigenvalue weighted by Gasteiger charge is 2.21. The van der Waals surface area contributed by atoms with Crippen LogP contribution in [0.1, 0.15) is 24.0 Å². The molecule has 0 radical (unpaired) electrons. The number of carbonyl (C=O) groups excluding carboxylic acids is 1. The highest BCUT2D eigenvalue weighted by atomic mass is 35.5. The van der Waals surface area contributed by atoms with Crippen molar-refractivity contribution in [2.45, 2.75) is 32.0 Å². The summed E-state index contributed by atoms with van der Waals surface area (Å²) in [7, 11) is 0. The van der Waals surface area contributed by atoms with E-state index in [1.807, 2.05) is 48.5 Å². The lowest BCUT2D eigenvalue weighted by Gasteiger charge is -2.11. The minimum Gasteiger partial charge on any atom is -0.489 e. The molecule has 0 aromatic heterocycles. The molecule has 126 valence electrons. The second-order valence-corrected chi connectivity index (χ2v) is 6.36. The van der Waals surface area contributed by atoms with Crippen molar-refractivity contribution in [1.29, 1.82) is 0 Å². The molecule has 3 rings (SSSR count). The number of amides is 1. The monoisotopic (exact) mass is 344 g/mol. The van der Waals surface area contributed by atoms with Crippen LogP contribution in [0.5, 0.6) is 5.75 Å². The average Bonchev–Trinajstić information content (AvgIpc) is 3.15. The molecule has 0 saturated carbocycles. The van der Waals surface area contributed by atoms with Crippen molar-refractivity contribution in [1.82, 2.24) is 10.6 Å². The van der Waals surface area contributed by atoms with Crippen molar-refractivity contribution < 1.29 is 9.53 Å². The van der Waals surface area contributed by atoms with Gasteiger partial charge in [0.1, 0.15) is 12.4 Å². The number of nitrogens with one attached hydrogen (secondary N) is 2. The molecular formula is C19H21ClN2O2. The topological polar surface area (TPSA) is 50.4 Å². The van der Waals surface area contributed by atoms with Gasteiger partial charge in [-0.25, -0.2) is 0 Å². The highest BCUT2D eigenvalue weighted by molar-refractivity contribution is 6.30. The van der Waals surface area contributed by atoms with E-state index < -0.39 is 0 Å². The summed E-state index contributed by atoms with van der Waals surface area (Å²) in [5.41, 5.74) is 2.12. The maximum atomic E-state index is 12.0. The van der Waals surface area contributed by atoms with Gasteiger partial charge in [0.25, 0.3) is 0 Å². The van der Waals surface area contributed by atoms with E-state index in [-0.39, 0.29) is 11.9 Å². The quantitative estimate of drug-likeness (QED) is 0.845. The van der Waals surface area contributed by atoms with E-state index >= 15 is 0 Å². The van der Waals surface area contributed by atoms with E-state index in [1.165, 1.54) is 0 Å². The number of hydrogen-bond acceptors (Lipinski definition) is 3. The third kappa shape index (κ3) is 4.73. The minimum absolute atomic E-state index is 0.0352. The van der Waals surface area contributed by atoms with Crippen LogP contribution in [-0.2, 0) is 17.9 Å². The van der Waals surface area contributed by atoms with Crippen LogP contribution in [0.4, 0.5) is 0 Å². The third-order valence-corrected chi connectivity index (χ3v) is 4.34. The van der Waals surface area contributed by atoms with E-state index in [0.29, 0.717) is 13.2 Å². The summed E-state index contributed by atoms with van der Waals surface area (Å²) < 4.78 is 5.75. The predicted molar refractivity (Wildman–Crippen MR) is 95.1 cm³/mol. The summed E-state index contributed by atoms with van der Waals surface area (Å²) in [5, 5.41) is 6.89. The number of hydrogen-bond donors (Lipinski definition) is 2.